The van der Waals surface area contributed by atoms with Crippen molar-refractivity contribution in [3.8, 4) is 17.0 Å². The summed E-state index contributed by atoms with van der Waals surface area (Å²) in [6, 6.07) is 30.8. The van der Waals surface area contributed by atoms with Gasteiger partial charge in [0.25, 0.3) is 5.91 Å². The molecule has 5 rings (SSSR count). The number of carbonyl (C=O) groups excluding carboxylic acids is 2. The molecule has 38 heavy (non-hydrogen) atoms. The Morgan fingerprint density at radius 1 is 0.868 bits per heavy atom. The van der Waals surface area contributed by atoms with Crippen molar-refractivity contribution in [2.24, 2.45) is 5.10 Å². The molecule has 0 aliphatic rings. The molecule has 0 saturated carbocycles. The van der Waals surface area contributed by atoms with Gasteiger partial charge in [0.2, 0.25) is 0 Å². The second-order valence-electron chi connectivity index (χ2n) is 8.58. The maximum atomic E-state index is 13.2. The Bertz CT molecular complexity index is 1670. The largest absolute Gasteiger partial charge is 0.423 e. The monoisotopic (exact) mass is 519 g/mol. The highest BCUT2D eigenvalue weighted by atomic mass is 35.5. The zero-order valence-electron chi connectivity index (χ0n) is 20.4. The lowest BCUT2D eigenvalue weighted by Gasteiger charge is -2.10. The van der Waals surface area contributed by atoms with Crippen LogP contribution in [0.3, 0.4) is 0 Å². The number of amides is 1. The van der Waals surface area contributed by atoms with Crippen LogP contribution in [0.4, 0.5) is 0 Å². The molecule has 0 atom stereocenters. The summed E-state index contributed by atoms with van der Waals surface area (Å²) in [7, 11) is 0. The highest BCUT2D eigenvalue weighted by molar-refractivity contribution is 6.33. The molecule has 0 aliphatic heterocycles. The van der Waals surface area contributed by atoms with Gasteiger partial charge >= 0.3 is 5.97 Å². The first kappa shape index (κ1) is 24.9. The van der Waals surface area contributed by atoms with Gasteiger partial charge in [-0.05, 0) is 67.1 Å². The molecule has 6 nitrogen and oxygen atoms in total. The highest BCUT2D eigenvalue weighted by Crippen LogP contribution is 2.26. The first-order chi connectivity index (χ1) is 18.5. The van der Waals surface area contributed by atoms with Gasteiger partial charge in [0.15, 0.2) is 0 Å². The summed E-state index contributed by atoms with van der Waals surface area (Å²) in [6.45, 7) is 1.97. The number of carbonyl (C=O) groups is 2. The van der Waals surface area contributed by atoms with Crippen LogP contribution in [0.5, 0.6) is 5.75 Å². The van der Waals surface area contributed by atoms with Crippen LogP contribution < -0.4 is 10.2 Å². The SMILES string of the molecule is Cc1ccc2nc(-c3ccccc3)cc(C(=O)NN=Cc3ccc(OC(=O)c4ccccc4Cl)cc3)c2c1. The standard InChI is InChI=1S/C31H22ClN3O3/c1-20-11-16-28-25(17-20)26(18-29(34-28)22-7-3-2-4-8-22)30(36)35-33-19-21-12-14-23(15-13-21)38-31(37)24-9-5-6-10-27(24)32/h2-19H,1H3,(H,35,36). The topological polar surface area (TPSA) is 80.7 Å². The Balaban J connectivity index is 1.31. The predicted molar refractivity (Wildman–Crippen MR) is 150 cm³/mol. The number of hydrazone groups is 1. The highest BCUT2D eigenvalue weighted by Gasteiger charge is 2.14. The lowest BCUT2D eigenvalue weighted by atomic mass is 10.0. The van der Waals surface area contributed by atoms with E-state index in [0.717, 1.165) is 22.0 Å². The minimum Gasteiger partial charge on any atom is -0.423 e. The molecule has 1 amide bonds. The normalized spacial score (nSPS) is 11.0. The Labute approximate surface area is 224 Å². The number of hydrogen-bond acceptors (Lipinski definition) is 5. The van der Waals surface area contributed by atoms with E-state index in [1.165, 1.54) is 6.21 Å². The van der Waals surface area contributed by atoms with Crippen molar-refractivity contribution >= 4 is 40.6 Å². The van der Waals surface area contributed by atoms with E-state index < -0.39 is 5.97 Å². The van der Waals surface area contributed by atoms with Crippen LogP contribution >= 0.6 is 11.6 Å². The molecular weight excluding hydrogens is 498 g/mol. The number of fused-ring (bicyclic) bond motifs is 1. The quantitative estimate of drug-likeness (QED) is 0.115. The van der Waals surface area contributed by atoms with Crippen molar-refractivity contribution < 1.29 is 14.3 Å². The first-order valence-corrected chi connectivity index (χ1v) is 12.2. The number of rotatable bonds is 6. The number of nitrogens with zero attached hydrogens (tertiary/aromatic N) is 2. The van der Waals surface area contributed by atoms with Gasteiger partial charge in [0, 0.05) is 10.9 Å². The van der Waals surface area contributed by atoms with Crippen LogP contribution in [0.1, 0.15) is 31.8 Å². The van der Waals surface area contributed by atoms with Gasteiger partial charge in [-0.1, -0.05) is 65.7 Å². The van der Waals surface area contributed by atoms with Crippen molar-refractivity contribution in [2.75, 3.05) is 0 Å². The van der Waals surface area contributed by atoms with E-state index in [1.54, 1.807) is 54.6 Å². The molecule has 0 radical (unpaired) electrons. The fourth-order valence-electron chi connectivity index (χ4n) is 3.92. The maximum Gasteiger partial charge on any atom is 0.345 e. The van der Waals surface area contributed by atoms with Gasteiger partial charge in [0.05, 0.1) is 33.6 Å². The molecule has 186 valence electrons. The van der Waals surface area contributed by atoms with Crippen LogP contribution in [-0.4, -0.2) is 23.1 Å². The Hall–Kier alpha value is -4.81. The van der Waals surface area contributed by atoms with E-state index >= 15 is 0 Å². The van der Waals surface area contributed by atoms with E-state index in [4.69, 9.17) is 21.3 Å². The third kappa shape index (κ3) is 5.61. The van der Waals surface area contributed by atoms with Gasteiger partial charge in [-0.25, -0.2) is 15.2 Å². The molecule has 0 spiro atoms. The Morgan fingerprint density at radius 3 is 2.37 bits per heavy atom. The maximum absolute atomic E-state index is 13.2. The number of aryl methyl sites for hydroxylation is 1. The average Bonchev–Trinajstić information content (AvgIpc) is 2.94. The Morgan fingerprint density at radius 2 is 1.61 bits per heavy atom. The fourth-order valence-corrected chi connectivity index (χ4v) is 4.13. The second-order valence-corrected chi connectivity index (χ2v) is 8.99. The van der Waals surface area contributed by atoms with E-state index in [1.807, 2.05) is 55.5 Å². The molecule has 4 aromatic carbocycles. The molecule has 0 fully saturated rings. The van der Waals surface area contributed by atoms with Gasteiger partial charge in [-0.15, -0.1) is 0 Å². The average molecular weight is 520 g/mol. The summed E-state index contributed by atoms with van der Waals surface area (Å²) >= 11 is 6.06. The van der Waals surface area contributed by atoms with Crippen LogP contribution in [-0.2, 0) is 0 Å². The first-order valence-electron chi connectivity index (χ1n) is 11.8. The van der Waals surface area contributed by atoms with Crippen molar-refractivity contribution in [1.82, 2.24) is 10.4 Å². The molecular formula is C31H22ClN3O3. The minimum absolute atomic E-state index is 0.289. The van der Waals surface area contributed by atoms with Crippen molar-refractivity contribution in [3.05, 3.63) is 130 Å². The van der Waals surface area contributed by atoms with Crippen LogP contribution in [0, 0.1) is 6.92 Å². The summed E-state index contributed by atoms with van der Waals surface area (Å²) in [5.74, 6) is -0.524. The zero-order valence-corrected chi connectivity index (χ0v) is 21.1. The molecule has 0 unspecified atom stereocenters. The summed E-state index contributed by atoms with van der Waals surface area (Å²) in [5.41, 5.74) is 7.48. The smallest absolute Gasteiger partial charge is 0.345 e. The summed E-state index contributed by atoms with van der Waals surface area (Å²) in [5, 5.41) is 5.21. The predicted octanol–water partition coefficient (Wildman–Crippen LogP) is 6.85. The third-order valence-corrected chi connectivity index (χ3v) is 6.17. The molecule has 0 saturated heterocycles. The molecule has 1 heterocycles. The fraction of sp³-hybridized carbons (Fsp3) is 0.0323. The lowest BCUT2D eigenvalue weighted by Crippen LogP contribution is -2.18. The van der Waals surface area contributed by atoms with E-state index in [2.05, 4.69) is 10.5 Å². The van der Waals surface area contributed by atoms with Gasteiger partial charge < -0.3 is 4.74 Å². The number of aromatic nitrogens is 1. The minimum atomic E-state index is -0.543. The number of esters is 1. The van der Waals surface area contributed by atoms with E-state index in [9.17, 15) is 9.59 Å². The zero-order chi connectivity index (χ0) is 26.5. The lowest BCUT2D eigenvalue weighted by molar-refractivity contribution is 0.0734. The molecule has 7 heteroatoms. The van der Waals surface area contributed by atoms with Crippen molar-refractivity contribution in [1.29, 1.82) is 0 Å². The number of halogens is 1. The van der Waals surface area contributed by atoms with Crippen molar-refractivity contribution in [2.45, 2.75) is 6.92 Å². The number of hydrogen-bond donors (Lipinski definition) is 1. The van der Waals surface area contributed by atoms with Crippen LogP contribution in [0.15, 0.2) is 108 Å². The van der Waals surface area contributed by atoms with Gasteiger partial charge in [-0.3, -0.25) is 4.79 Å². The van der Waals surface area contributed by atoms with Crippen LogP contribution in [0.2, 0.25) is 5.02 Å². The molecule has 1 N–H and O–H groups in total. The van der Waals surface area contributed by atoms with Crippen molar-refractivity contribution in [3.63, 3.8) is 0 Å². The summed E-state index contributed by atoms with van der Waals surface area (Å²) in [4.78, 5) is 30.3. The molecule has 0 aliphatic carbocycles. The summed E-state index contributed by atoms with van der Waals surface area (Å²) in [6.07, 6.45) is 1.52. The van der Waals surface area contributed by atoms with Gasteiger partial charge in [-0.2, -0.15) is 5.10 Å². The number of ether oxygens (including phenoxy) is 1. The number of pyridine rings is 1. The molecule has 1 aromatic heterocycles. The van der Waals surface area contributed by atoms with E-state index in [0.29, 0.717) is 27.6 Å². The number of benzene rings is 4. The second kappa shape index (κ2) is 11.1. The number of nitrogens with one attached hydrogen (secondary N) is 1. The molecule has 0 bridgehead atoms. The van der Waals surface area contributed by atoms with Crippen LogP contribution in [0.25, 0.3) is 22.2 Å². The van der Waals surface area contributed by atoms with Gasteiger partial charge in [0.1, 0.15) is 5.75 Å². The third-order valence-electron chi connectivity index (χ3n) is 5.84. The Kier molecular flexibility index (Phi) is 7.24. The van der Waals surface area contributed by atoms with E-state index in [-0.39, 0.29) is 11.5 Å². The molecule has 5 aromatic rings. The summed E-state index contributed by atoms with van der Waals surface area (Å²) < 4.78 is 5.39.